The molecule has 3 nitrogen and oxygen atoms in total. The van der Waals surface area contributed by atoms with Crippen molar-refractivity contribution < 1.29 is 5.11 Å². The predicted octanol–water partition coefficient (Wildman–Crippen LogP) is 1.86. The molecule has 0 saturated heterocycles. The van der Waals surface area contributed by atoms with E-state index in [2.05, 4.69) is 4.98 Å². The van der Waals surface area contributed by atoms with Crippen LogP contribution in [0.4, 0.5) is 0 Å². The Kier molecular flexibility index (Phi) is 3.17. The summed E-state index contributed by atoms with van der Waals surface area (Å²) in [4.78, 5) is 4.15. The van der Waals surface area contributed by atoms with Crippen LogP contribution < -0.4 is 5.73 Å². The number of benzene rings is 1. The van der Waals surface area contributed by atoms with Crippen molar-refractivity contribution in [3.05, 3.63) is 42.2 Å². The van der Waals surface area contributed by atoms with E-state index in [1.807, 2.05) is 31.2 Å². The number of aliphatic hydroxyl groups is 1. The Labute approximate surface area is 94.9 Å². The summed E-state index contributed by atoms with van der Waals surface area (Å²) in [7, 11) is 0. The Morgan fingerprint density at radius 1 is 1.31 bits per heavy atom. The number of nitrogens with two attached hydrogens (primary N) is 1. The van der Waals surface area contributed by atoms with Crippen molar-refractivity contribution in [3.8, 4) is 0 Å². The molecule has 3 N–H and O–H groups in total. The Balaban J connectivity index is 2.52. The lowest BCUT2D eigenvalue weighted by Gasteiger charge is -2.18. The van der Waals surface area contributed by atoms with Crippen LogP contribution in [0.1, 0.15) is 18.6 Å². The van der Waals surface area contributed by atoms with Gasteiger partial charge in [0.1, 0.15) is 0 Å². The first kappa shape index (κ1) is 11.0. The number of aromatic nitrogens is 1. The molecule has 3 heteroatoms. The second kappa shape index (κ2) is 4.60. The normalized spacial score (nSPS) is 14.9. The largest absolute Gasteiger partial charge is 0.388 e. The molecule has 0 amide bonds. The summed E-state index contributed by atoms with van der Waals surface area (Å²) in [6, 6.07) is 7.92. The highest BCUT2D eigenvalue weighted by molar-refractivity contribution is 5.84. The van der Waals surface area contributed by atoms with Crippen LogP contribution in [0.5, 0.6) is 0 Å². The molecule has 0 aliphatic heterocycles. The van der Waals surface area contributed by atoms with Crippen molar-refractivity contribution in [2.24, 2.45) is 11.7 Å². The van der Waals surface area contributed by atoms with Crippen molar-refractivity contribution in [3.63, 3.8) is 0 Å². The van der Waals surface area contributed by atoms with Gasteiger partial charge in [-0.15, -0.1) is 0 Å². The highest BCUT2D eigenvalue weighted by Crippen LogP contribution is 2.27. The SMILES string of the molecule is CC(CN)C(O)c1cncc2ccccc12. The summed E-state index contributed by atoms with van der Waals surface area (Å²) in [5, 5.41) is 12.3. The van der Waals surface area contributed by atoms with Gasteiger partial charge in [0.15, 0.2) is 0 Å². The van der Waals surface area contributed by atoms with Gasteiger partial charge in [-0.05, 0) is 17.8 Å². The van der Waals surface area contributed by atoms with Crippen molar-refractivity contribution in [1.82, 2.24) is 4.98 Å². The number of fused-ring (bicyclic) bond motifs is 1. The molecular formula is C13H16N2O. The van der Waals surface area contributed by atoms with Crippen molar-refractivity contribution in [1.29, 1.82) is 0 Å². The van der Waals surface area contributed by atoms with Gasteiger partial charge in [-0.1, -0.05) is 31.2 Å². The monoisotopic (exact) mass is 216 g/mol. The zero-order valence-corrected chi connectivity index (χ0v) is 9.30. The van der Waals surface area contributed by atoms with Gasteiger partial charge in [-0.3, -0.25) is 4.98 Å². The number of hydrogen-bond acceptors (Lipinski definition) is 3. The molecule has 2 aromatic rings. The van der Waals surface area contributed by atoms with Gasteiger partial charge in [0.2, 0.25) is 0 Å². The van der Waals surface area contributed by atoms with Crippen LogP contribution in [0.2, 0.25) is 0 Å². The second-order valence-corrected chi connectivity index (χ2v) is 4.11. The third-order valence-electron chi connectivity index (χ3n) is 2.93. The summed E-state index contributed by atoms with van der Waals surface area (Å²) in [6.07, 6.45) is 2.97. The molecule has 84 valence electrons. The first-order valence-electron chi connectivity index (χ1n) is 5.45. The Hall–Kier alpha value is -1.45. The first-order chi connectivity index (χ1) is 7.74. The highest BCUT2D eigenvalue weighted by atomic mass is 16.3. The molecule has 1 heterocycles. The predicted molar refractivity (Wildman–Crippen MR) is 64.9 cm³/mol. The van der Waals surface area contributed by atoms with Crippen molar-refractivity contribution >= 4 is 10.8 Å². The van der Waals surface area contributed by atoms with Crippen LogP contribution in [-0.2, 0) is 0 Å². The lowest BCUT2D eigenvalue weighted by atomic mass is 9.95. The molecule has 1 aromatic heterocycles. The van der Waals surface area contributed by atoms with Crippen molar-refractivity contribution in [2.45, 2.75) is 13.0 Å². The smallest absolute Gasteiger partial charge is 0.0848 e. The molecule has 2 rings (SSSR count). The average Bonchev–Trinajstić information content (AvgIpc) is 2.36. The van der Waals surface area contributed by atoms with Crippen LogP contribution in [0.25, 0.3) is 10.8 Å². The number of nitrogens with zero attached hydrogens (tertiary/aromatic N) is 1. The zero-order chi connectivity index (χ0) is 11.5. The fraction of sp³-hybridized carbons (Fsp3) is 0.308. The lowest BCUT2D eigenvalue weighted by Crippen LogP contribution is -2.19. The van der Waals surface area contributed by atoms with Gasteiger partial charge < -0.3 is 10.8 Å². The summed E-state index contributed by atoms with van der Waals surface area (Å²) in [5.74, 6) is 0.0348. The van der Waals surface area contributed by atoms with E-state index in [-0.39, 0.29) is 5.92 Å². The maximum Gasteiger partial charge on any atom is 0.0848 e. The fourth-order valence-corrected chi connectivity index (χ4v) is 1.81. The molecule has 0 fully saturated rings. The molecule has 1 aromatic carbocycles. The van der Waals surface area contributed by atoms with E-state index in [0.29, 0.717) is 6.54 Å². The summed E-state index contributed by atoms with van der Waals surface area (Å²) in [6.45, 7) is 2.40. The van der Waals surface area contributed by atoms with E-state index in [4.69, 9.17) is 5.73 Å². The van der Waals surface area contributed by atoms with E-state index < -0.39 is 6.10 Å². The number of hydrogen-bond donors (Lipinski definition) is 2. The molecular weight excluding hydrogens is 200 g/mol. The maximum absolute atomic E-state index is 10.2. The molecule has 2 unspecified atom stereocenters. The molecule has 0 aliphatic carbocycles. The topological polar surface area (TPSA) is 59.1 Å². The van der Waals surface area contributed by atoms with Crippen LogP contribution in [0.3, 0.4) is 0 Å². The minimum atomic E-state index is -0.552. The molecule has 0 bridgehead atoms. The first-order valence-corrected chi connectivity index (χ1v) is 5.45. The third-order valence-corrected chi connectivity index (χ3v) is 2.93. The average molecular weight is 216 g/mol. The van der Waals surface area contributed by atoms with E-state index in [9.17, 15) is 5.11 Å². The fourth-order valence-electron chi connectivity index (χ4n) is 1.81. The second-order valence-electron chi connectivity index (χ2n) is 4.11. The molecule has 0 radical (unpaired) electrons. The Morgan fingerprint density at radius 3 is 2.81 bits per heavy atom. The summed E-state index contributed by atoms with van der Waals surface area (Å²) in [5.41, 5.74) is 6.43. The van der Waals surface area contributed by atoms with Gasteiger partial charge in [0.25, 0.3) is 0 Å². The molecule has 0 saturated carbocycles. The van der Waals surface area contributed by atoms with Gasteiger partial charge in [0.05, 0.1) is 6.10 Å². The van der Waals surface area contributed by atoms with Gasteiger partial charge >= 0.3 is 0 Å². The molecule has 2 atom stereocenters. The van der Waals surface area contributed by atoms with Crippen LogP contribution in [0, 0.1) is 5.92 Å². The zero-order valence-electron chi connectivity index (χ0n) is 9.30. The molecule has 16 heavy (non-hydrogen) atoms. The molecule has 0 spiro atoms. The molecule has 0 aliphatic rings. The lowest BCUT2D eigenvalue weighted by molar-refractivity contribution is 0.123. The number of pyridine rings is 1. The minimum absolute atomic E-state index is 0.0348. The standard InChI is InChI=1S/C13H16N2O/c1-9(6-14)13(16)12-8-15-7-10-4-2-3-5-11(10)12/h2-5,7-9,13,16H,6,14H2,1H3. The summed E-state index contributed by atoms with van der Waals surface area (Å²) < 4.78 is 0. The van der Waals surface area contributed by atoms with Gasteiger partial charge in [-0.25, -0.2) is 0 Å². The Morgan fingerprint density at radius 2 is 2.06 bits per heavy atom. The Bertz CT molecular complexity index is 479. The maximum atomic E-state index is 10.2. The van der Waals surface area contributed by atoms with Crippen LogP contribution >= 0.6 is 0 Å². The number of rotatable bonds is 3. The quantitative estimate of drug-likeness (QED) is 0.823. The van der Waals surface area contributed by atoms with Gasteiger partial charge in [-0.2, -0.15) is 0 Å². The van der Waals surface area contributed by atoms with E-state index >= 15 is 0 Å². The van der Waals surface area contributed by atoms with Crippen molar-refractivity contribution in [2.75, 3.05) is 6.54 Å². The minimum Gasteiger partial charge on any atom is -0.388 e. The summed E-state index contributed by atoms with van der Waals surface area (Å²) >= 11 is 0. The third kappa shape index (κ3) is 1.92. The highest BCUT2D eigenvalue weighted by Gasteiger charge is 2.17. The number of aliphatic hydroxyl groups excluding tert-OH is 1. The van der Waals surface area contributed by atoms with Crippen LogP contribution in [0.15, 0.2) is 36.7 Å². The van der Waals surface area contributed by atoms with Crippen LogP contribution in [-0.4, -0.2) is 16.6 Å². The van der Waals surface area contributed by atoms with E-state index in [1.54, 1.807) is 12.4 Å². The van der Waals surface area contributed by atoms with E-state index in [1.165, 1.54) is 0 Å². The van der Waals surface area contributed by atoms with E-state index in [0.717, 1.165) is 16.3 Å². The van der Waals surface area contributed by atoms with Gasteiger partial charge in [0, 0.05) is 23.3 Å².